The summed E-state index contributed by atoms with van der Waals surface area (Å²) in [5.74, 6) is -0.519. The Kier molecular flexibility index (Phi) is 4.35. The molecule has 1 N–H and O–H groups in total. The minimum Gasteiger partial charge on any atom is -0.481 e. The van der Waals surface area contributed by atoms with Crippen molar-refractivity contribution >= 4 is 5.97 Å². The third kappa shape index (κ3) is 4.15. The highest BCUT2D eigenvalue weighted by Crippen LogP contribution is 2.17. The lowest BCUT2D eigenvalue weighted by Crippen LogP contribution is -2.18. The Bertz CT molecular complexity index is 304. The standard InChI is InChI=1S/C13H18O2/c1-10(2)8-12(13(14)15)9-11-6-4-3-5-7-11/h3-7,10,12H,8-9H2,1-2H3,(H,14,15)/t12-/m0/s1. The second-order valence-corrected chi connectivity index (χ2v) is 4.35. The molecule has 82 valence electrons. The quantitative estimate of drug-likeness (QED) is 0.804. The minimum atomic E-state index is -0.687. The fourth-order valence-corrected chi connectivity index (χ4v) is 1.74. The van der Waals surface area contributed by atoms with Crippen LogP contribution in [0.15, 0.2) is 30.3 Å². The van der Waals surface area contributed by atoms with Crippen LogP contribution in [-0.2, 0) is 11.2 Å². The minimum absolute atomic E-state index is 0.257. The summed E-state index contributed by atoms with van der Waals surface area (Å²) in [6.45, 7) is 4.11. The van der Waals surface area contributed by atoms with Crippen LogP contribution in [0.4, 0.5) is 0 Å². The zero-order valence-electron chi connectivity index (χ0n) is 9.31. The van der Waals surface area contributed by atoms with E-state index >= 15 is 0 Å². The molecule has 2 heteroatoms. The zero-order chi connectivity index (χ0) is 11.3. The zero-order valence-corrected chi connectivity index (χ0v) is 9.31. The Morgan fingerprint density at radius 2 is 1.87 bits per heavy atom. The predicted octanol–water partition coefficient (Wildman–Crippen LogP) is 2.98. The number of benzene rings is 1. The van der Waals surface area contributed by atoms with Crippen molar-refractivity contribution in [2.24, 2.45) is 11.8 Å². The number of carboxylic acids is 1. The van der Waals surface area contributed by atoms with Gasteiger partial charge in [0.15, 0.2) is 0 Å². The van der Waals surface area contributed by atoms with Crippen molar-refractivity contribution in [2.75, 3.05) is 0 Å². The lowest BCUT2D eigenvalue weighted by Gasteiger charge is -2.14. The van der Waals surface area contributed by atoms with Crippen molar-refractivity contribution in [3.63, 3.8) is 0 Å². The van der Waals surface area contributed by atoms with E-state index in [0.717, 1.165) is 12.0 Å². The molecule has 1 atom stereocenters. The lowest BCUT2D eigenvalue weighted by atomic mass is 9.91. The van der Waals surface area contributed by atoms with Gasteiger partial charge < -0.3 is 5.11 Å². The molecule has 0 bridgehead atoms. The Labute approximate surface area is 90.9 Å². The van der Waals surface area contributed by atoms with Crippen LogP contribution >= 0.6 is 0 Å². The summed E-state index contributed by atoms with van der Waals surface area (Å²) in [4.78, 5) is 11.0. The third-order valence-corrected chi connectivity index (χ3v) is 2.43. The van der Waals surface area contributed by atoms with Crippen molar-refractivity contribution in [3.05, 3.63) is 35.9 Å². The van der Waals surface area contributed by atoms with E-state index in [2.05, 4.69) is 13.8 Å². The van der Waals surface area contributed by atoms with Crippen molar-refractivity contribution < 1.29 is 9.90 Å². The molecule has 15 heavy (non-hydrogen) atoms. The summed E-state index contributed by atoms with van der Waals surface area (Å²) < 4.78 is 0. The van der Waals surface area contributed by atoms with Gasteiger partial charge in [-0.3, -0.25) is 4.79 Å². The molecule has 0 fully saturated rings. The molecule has 0 saturated heterocycles. The summed E-state index contributed by atoms with van der Waals surface area (Å²) in [7, 11) is 0. The number of hydrogen-bond donors (Lipinski definition) is 1. The van der Waals surface area contributed by atoms with Crippen molar-refractivity contribution in [2.45, 2.75) is 26.7 Å². The van der Waals surface area contributed by atoms with Crippen LogP contribution in [0, 0.1) is 11.8 Å². The summed E-state index contributed by atoms with van der Waals surface area (Å²) in [5, 5.41) is 9.08. The van der Waals surface area contributed by atoms with Gasteiger partial charge in [0.2, 0.25) is 0 Å². The molecule has 0 saturated carbocycles. The average Bonchev–Trinajstić information content (AvgIpc) is 2.17. The molecule has 0 unspecified atom stereocenters. The Balaban J connectivity index is 2.63. The van der Waals surface area contributed by atoms with E-state index in [1.165, 1.54) is 0 Å². The topological polar surface area (TPSA) is 37.3 Å². The fourth-order valence-electron chi connectivity index (χ4n) is 1.74. The molecule has 0 aliphatic heterocycles. The first-order chi connectivity index (χ1) is 7.09. The van der Waals surface area contributed by atoms with Gasteiger partial charge in [0.25, 0.3) is 0 Å². The van der Waals surface area contributed by atoms with E-state index < -0.39 is 5.97 Å². The van der Waals surface area contributed by atoms with Crippen LogP contribution in [0.25, 0.3) is 0 Å². The molecular weight excluding hydrogens is 188 g/mol. The number of hydrogen-bond acceptors (Lipinski definition) is 1. The average molecular weight is 206 g/mol. The Morgan fingerprint density at radius 3 is 2.33 bits per heavy atom. The molecule has 2 nitrogen and oxygen atoms in total. The number of rotatable bonds is 5. The van der Waals surface area contributed by atoms with Crippen LogP contribution in [-0.4, -0.2) is 11.1 Å². The van der Waals surface area contributed by atoms with Crippen molar-refractivity contribution in [3.8, 4) is 0 Å². The summed E-state index contributed by atoms with van der Waals surface area (Å²) >= 11 is 0. The molecule has 0 aromatic heterocycles. The van der Waals surface area contributed by atoms with E-state index in [9.17, 15) is 4.79 Å². The second kappa shape index (κ2) is 5.54. The molecule has 1 rings (SSSR count). The molecule has 0 aliphatic rings. The Morgan fingerprint density at radius 1 is 1.27 bits per heavy atom. The van der Waals surface area contributed by atoms with Crippen LogP contribution in [0.1, 0.15) is 25.8 Å². The van der Waals surface area contributed by atoms with Crippen LogP contribution in [0.3, 0.4) is 0 Å². The number of aliphatic carboxylic acids is 1. The molecule has 0 radical (unpaired) electrons. The van der Waals surface area contributed by atoms with Gasteiger partial charge in [0, 0.05) is 0 Å². The summed E-state index contributed by atoms with van der Waals surface area (Å²) in [5.41, 5.74) is 1.10. The van der Waals surface area contributed by atoms with Gasteiger partial charge in [-0.1, -0.05) is 44.2 Å². The lowest BCUT2D eigenvalue weighted by molar-refractivity contribution is -0.142. The highest BCUT2D eigenvalue weighted by Gasteiger charge is 2.18. The van der Waals surface area contributed by atoms with Crippen molar-refractivity contribution in [1.29, 1.82) is 0 Å². The van der Waals surface area contributed by atoms with Gasteiger partial charge in [0.1, 0.15) is 0 Å². The molecule has 0 heterocycles. The van der Waals surface area contributed by atoms with Crippen LogP contribution in [0.2, 0.25) is 0 Å². The van der Waals surface area contributed by atoms with Gasteiger partial charge in [-0.25, -0.2) is 0 Å². The number of carbonyl (C=O) groups is 1. The van der Waals surface area contributed by atoms with Crippen LogP contribution < -0.4 is 0 Å². The summed E-state index contributed by atoms with van der Waals surface area (Å²) in [6, 6.07) is 9.81. The first-order valence-electron chi connectivity index (χ1n) is 5.36. The third-order valence-electron chi connectivity index (χ3n) is 2.43. The van der Waals surface area contributed by atoms with E-state index in [1.54, 1.807) is 0 Å². The van der Waals surface area contributed by atoms with E-state index in [1.807, 2.05) is 30.3 Å². The normalized spacial score (nSPS) is 12.7. The molecule has 0 spiro atoms. The van der Waals surface area contributed by atoms with E-state index in [0.29, 0.717) is 12.3 Å². The molecule has 1 aromatic rings. The molecule has 1 aromatic carbocycles. The van der Waals surface area contributed by atoms with Gasteiger partial charge in [-0.05, 0) is 24.3 Å². The fraction of sp³-hybridized carbons (Fsp3) is 0.462. The van der Waals surface area contributed by atoms with Gasteiger partial charge in [-0.2, -0.15) is 0 Å². The predicted molar refractivity (Wildman–Crippen MR) is 60.7 cm³/mol. The largest absolute Gasteiger partial charge is 0.481 e. The van der Waals surface area contributed by atoms with E-state index in [-0.39, 0.29) is 5.92 Å². The molecule has 0 aliphatic carbocycles. The van der Waals surface area contributed by atoms with Gasteiger partial charge in [0.05, 0.1) is 5.92 Å². The molecular formula is C13H18O2. The SMILES string of the molecule is CC(C)C[C@@H](Cc1ccccc1)C(=O)O. The van der Waals surface area contributed by atoms with E-state index in [4.69, 9.17) is 5.11 Å². The summed E-state index contributed by atoms with van der Waals surface area (Å²) in [6.07, 6.45) is 1.37. The maximum absolute atomic E-state index is 11.0. The maximum Gasteiger partial charge on any atom is 0.306 e. The Hall–Kier alpha value is -1.31. The smallest absolute Gasteiger partial charge is 0.306 e. The number of carboxylic acid groups (broad SMARTS) is 1. The molecule has 0 amide bonds. The van der Waals surface area contributed by atoms with Gasteiger partial charge in [-0.15, -0.1) is 0 Å². The maximum atomic E-state index is 11.0. The van der Waals surface area contributed by atoms with Crippen molar-refractivity contribution in [1.82, 2.24) is 0 Å². The first-order valence-corrected chi connectivity index (χ1v) is 5.36. The van der Waals surface area contributed by atoms with Gasteiger partial charge >= 0.3 is 5.97 Å². The highest BCUT2D eigenvalue weighted by molar-refractivity contribution is 5.70. The highest BCUT2D eigenvalue weighted by atomic mass is 16.4. The second-order valence-electron chi connectivity index (χ2n) is 4.35. The first kappa shape index (κ1) is 11.8. The van der Waals surface area contributed by atoms with Crippen LogP contribution in [0.5, 0.6) is 0 Å². The monoisotopic (exact) mass is 206 g/mol.